The average molecular weight is 343 g/mol. The number of halogens is 2. The van der Waals surface area contributed by atoms with Crippen LogP contribution >= 0.6 is 11.6 Å². The number of hydrogen-bond acceptors (Lipinski definition) is 3. The van der Waals surface area contributed by atoms with E-state index in [0.717, 1.165) is 11.3 Å². The minimum Gasteiger partial charge on any atom is -0.482 e. The zero-order valence-corrected chi connectivity index (χ0v) is 14.3. The number of benzene rings is 2. The molecule has 1 aliphatic heterocycles. The summed E-state index contributed by atoms with van der Waals surface area (Å²) in [5.74, 6) is 0.132. The van der Waals surface area contributed by atoms with Gasteiger partial charge in [0.25, 0.3) is 0 Å². The first-order chi connectivity index (χ1) is 11.4. The van der Waals surface area contributed by atoms with Crippen LogP contribution in [-0.2, 0) is 0 Å². The Kier molecular flexibility index (Phi) is 3.98. The van der Waals surface area contributed by atoms with Crippen molar-refractivity contribution in [3.05, 3.63) is 63.9 Å². The molecule has 1 aliphatic rings. The van der Waals surface area contributed by atoms with E-state index in [1.165, 1.54) is 12.1 Å². The van der Waals surface area contributed by atoms with Gasteiger partial charge in [-0.1, -0.05) is 17.7 Å². The number of rotatable bonds is 2. The minimum absolute atomic E-state index is 0.0509. The van der Waals surface area contributed by atoms with Crippen LogP contribution in [0.2, 0.25) is 5.02 Å². The maximum Gasteiger partial charge on any atom is 0.142 e. The Balaban J connectivity index is 2.32. The Morgan fingerprint density at radius 3 is 2.58 bits per heavy atom. The second kappa shape index (κ2) is 5.85. The summed E-state index contributed by atoms with van der Waals surface area (Å²) in [5, 5.41) is 12.8. The van der Waals surface area contributed by atoms with Crippen molar-refractivity contribution in [2.75, 3.05) is 12.4 Å². The number of anilines is 1. The third kappa shape index (κ3) is 2.61. The molecular weight excluding hydrogens is 327 g/mol. The maximum absolute atomic E-state index is 14.0. The topological polar surface area (TPSA) is 45.0 Å². The molecule has 0 fully saturated rings. The molecule has 3 rings (SSSR count). The zero-order valence-electron chi connectivity index (χ0n) is 13.6. The van der Waals surface area contributed by atoms with E-state index in [1.807, 2.05) is 39.1 Å². The molecule has 0 spiro atoms. The molecule has 0 saturated heterocycles. The predicted molar refractivity (Wildman–Crippen MR) is 93.7 cm³/mol. The number of nitrogens with one attached hydrogen (secondary N) is 1. The van der Waals surface area contributed by atoms with Crippen molar-refractivity contribution in [1.82, 2.24) is 0 Å². The van der Waals surface area contributed by atoms with E-state index >= 15 is 0 Å². The Bertz CT molecular complexity index is 897. The lowest BCUT2D eigenvalue weighted by Gasteiger charge is -2.34. The summed E-state index contributed by atoms with van der Waals surface area (Å²) in [6.07, 6.45) is 0. The first-order valence-electron chi connectivity index (χ1n) is 7.49. The van der Waals surface area contributed by atoms with Crippen molar-refractivity contribution in [2.24, 2.45) is 0 Å². The molecule has 0 aliphatic carbocycles. The van der Waals surface area contributed by atoms with Crippen molar-refractivity contribution in [2.45, 2.75) is 19.4 Å². The molecule has 0 unspecified atom stereocenters. The molecule has 0 aromatic heterocycles. The van der Waals surface area contributed by atoms with Crippen LogP contribution in [0.3, 0.4) is 0 Å². The summed E-state index contributed by atoms with van der Waals surface area (Å²) >= 11 is 5.80. The van der Waals surface area contributed by atoms with Crippen LogP contribution in [0.1, 0.15) is 25.0 Å². The Labute approximate surface area is 145 Å². The maximum atomic E-state index is 14.0. The lowest BCUT2D eigenvalue weighted by molar-refractivity contribution is 0.149. The van der Waals surface area contributed by atoms with Crippen LogP contribution < -0.4 is 10.1 Å². The van der Waals surface area contributed by atoms with Crippen molar-refractivity contribution >= 4 is 22.9 Å². The van der Waals surface area contributed by atoms with Crippen molar-refractivity contribution in [1.29, 1.82) is 5.26 Å². The number of nitrogens with zero attached hydrogens (tertiary/aromatic N) is 1. The molecule has 122 valence electrons. The van der Waals surface area contributed by atoms with Crippen molar-refractivity contribution in [3.63, 3.8) is 0 Å². The van der Waals surface area contributed by atoms with E-state index in [9.17, 15) is 9.65 Å². The fourth-order valence-electron chi connectivity index (χ4n) is 2.87. The van der Waals surface area contributed by atoms with E-state index in [0.29, 0.717) is 22.5 Å². The van der Waals surface area contributed by atoms with Gasteiger partial charge in [-0.05, 0) is 43.7 Å². The van der Waals surface area contributed by atoms with Gasteiger partial charge in [-0.15, -0.1) is 0 Å². The second-order valence-electron chi connectivity index (χ2n) is 6.06. The third-order valence-electron chi connectivity index (χ3n) is 4.08. The summed E-state index contributed by atoms with van der Waals surface area (Å²) in [5.41, 5.74) is 2.55. The van der Waals surface area contributed by atoms with Crippen molar-refractivity contribution < 1.29 is 9.13 Å². The van der Waals surface area contributed by atoms with Gasteiger partial charge in [0.1, 0.15) is 17.2 Å². The summed E-state index contributed by atoms with van der Waals surface area (Å²) in [6, 6.07) is 12.4. The number of ether oxygens (including phenoxy) is 1. The molecule has 5 heteroatoms. The summed E-state index contributed by atoms with van der Waals surface area (Å²) in [6.45, 7) is 3.65. The van der Waals surface area contributed by atoms with Gasteiger partial charge in [0.15, 0.2) is 0 Å². The molecule has 0 radical (unpaired) electrons. The summed E-state index contributed by atoms with van der Waals surface area (Å²) in [4.78, 5) is 0. The van der Waals surface area contributed by atoms with E-state index < -0.39 is 11.4 Å². The van der Waals surface area contributed by atoms with Crippen LogP contribution in [0.25, 0.3) is 5.57 Å². The van der Waals surface area contributed by atoms with Gasteiger partial charge in [-0.3, -0.25) is 0 Å². The fraction of sp³-hybridized carbons (Fsp3) is 0.211. The second-order valence-corrected chi connectivity index (χ2v) is 6.47. The van der Waals surface area contributed by atoms with Gasteiger partial charge in [-0.25, -0.2) is 4.39 Å². The molecule has 0 amide bonds. The molecule has 2 aromatic carbocycles. The van der Waals surface area contributed by atoms with Crippen molar-refractivity contribution in [3.8, 4) is 11.8 Å². The Hall–Kier alpha value is -2.51. The lowest BCUT2D eigenvalue weighted by Crippen LogP contribution is -2.34. The Morgan fingerprint density at radius 2 is 1.96 bits per heavy atom. The van der Waals surface area contributed by atoms with Gasteiger partial charge >= 0.3 is 0 Å². The van der Waals surface area contributed by atoms with Crippen LogP contribution in [0.5, 0.6) is 5.75 Å². The highest BCUT2D eigenvalue weighted by Gasteiger charge is 2.36. The molecule has 1 heterocycles. The van der Waals surface area contributed by atoms with E-state index in [4.69, 9.17) is 16.3 Å². The average Bonchev–Trinajstić information content (AvgIpc) is 2.54. The van der Waals surface area contributed by atoms with Crippen LogP contribution in [0.15, 0.2) is 42.0 Å². The normalized spacial score (nSPS) is 15.3. The smallest absolute Gasteiger partial charge is 0.142 e. The molecule has 1 N–H and O–H groups in total. The van der Waals surface area contributed by atoms with Crippen LogP contribution in [0, 0.1) is 17.1 Å². The molecule has 2 aromatic rings. The van der Waals surface area contributed by atoms with Gasteiger partial charge in [0.05, 0.1) is 16.7 Å². The predicted octanol–water partition coefficient (Wildman–Crippen LogP) is 5.02. The number of fused-ring (bicyclic) bond motifs is 1. The van der Waals surface area contributed by atoms with E-state index in [1.54, 1.807) is 6.07 Å². The molecule has 0 bridgehead atoms. The highest BCUT2D eigenvalue weighted by atomic mass is 35.5. The fourth-order valence-corrected chi connectivity index (χ4v) is 2.99. The third-order valence-corrected chi connectivity index (χ3v) is 4.38. The molecule has 0 saturated carbocycles. The summed E-state index contributed by atoms with van der Waals surface area (Å²) < 4.78 is 20.0. The highest BCUT2D eigenvalue weighted by molar-refractivity contribution is 6.30. The monoisotopic (exact) mass is 342 g/mol. The van der Waals surface area contributed by atoms with Gasteiger partial charge in [0, 0.05) is 29.9 Å². The minimum atomic E-state index is -0.820. The van der Waals surface area contributed by atoms with Gasteiger partial charge in [-0.2, -0.15) is 5.26 Å². The first-order valence-corrected chi connectivity index (χ1v) is 7.86. The molecule has 24 heavy (non-hydrogen) atoms. The van der Waals surface area contributed by atoms with E-state index in [2.05, 4.69) is 11.4 Å². The largest absolute Gasteiger partial charge is 0.482 e. The van der Waals surface area contributed by atoms with Gasteiger partial charge in [0.2, 0.25) is 0 Å². The number of hydrogen-bond donors (Lipinski definition) is 1. The lowest BCUT2D eigenvalue weighted by atomic mass is 9.83. The highest BCUT2D eigenvalue weighted by Crippen LogP contribution is 2.44. The standard InChI is InChI=1S/C19H16ClFN2O/c1-19(2)14(10-22)18(11-4-7-15(20)16(21)8-11)13-6-5-12(23-3)9-17(13)24-19/h4-9,23H,1-3H3. The SMILES string of the molecule is CNc1ccc2c(c1)OC(C)(C)C(C#N)=C2c1ccc(Cl)c(F)c1. The van der Waals surface area contributed by atoms with Crippen LogP contribution in [-0.4, -0.2) is 12.6 Å². The first kappa shape index (κ1) is 16.4. The van der Waals surface area contributed by atoms with Gasteiger partial charge < -0.3 is 10.1 Å². The number of nitriles is 1. The summed E-state index contributed by atoms with van der Waals surface area (Å²) in [7, 11) is 1.82. The van der Waals surface area contributed by atoms with Crippen LogP contribution in [0.4, 0.5) is 10.1 Å². The Morgan fingerprint density at radius 1 is 1.21 bits per heavy atom. The molecular formula is C19H16ClFN2O. The zero-order chi connectivity index (χ0) is 17.5. The quantitative estimate of drug-likeness (QED) is 0.833. The molecule has 3 nitrogen and oxygen atoms in total. The van der Waals surface area contributed by atoms with E-state index in [-0.39, 0.29) is 5.02 Å². The molecule has 0 atom stereocenters.